The third-order valence-electron chi connectivity index (χ3n) is 3.46. The predicted octanol–water partition coefficient (Wildman–Crippen LogP) is 4.61. The highest BCUT2D eigenvalue weighted by Gasteiger charge is 2.08. The van der Waals surface area contributed by atoms with Crippen LogP contribution in [0.25, 0.3) is 11.3 Å². The molecule has 3 rings (SSSR count). The maximum absolute atomic E-state index is 11.9. The van der Waals surface area contributed by atoms with Gasteiger partial charge in [0.15, 0.2) is 4.34 Å². The highest BCUT2D eigenvalue weighted by atomic mass is 35.5. The minimum Gasteiger partial charge on any atom is -0.272 e. The van der Waals surface area contributed by atoms with E-state index in [-0.39, 0.29) is 17.3 Å². The average Bonchev–Trinajstić information content (AvgIpc) is 3.16. The van der Waals surface area contributed by atoms with Crippen molar-refractivity contribution in [1.29, 1.82) is 0 Å². The van der Waals surface area contributed by atoms with Gasteiger partial charge in [0.1, 0.15) is 0 Å². The molecule has 0 atom stereocenters. The van der Waals surface area contributed by atoms with Crippen LogP contribution >= 0.6 is 34.7 Å². The fraction of sp³-hybridized carbons (Fsp3) is 0.0556. The van der Waals surface area contributed by atoms with Gasteiger partial charge in [-0.15, -0.1) is 11.3 Å². The molecule has 7 nitrogen and oxygen atoms in total. The van der Waals surface area contributed by atoms with Gasteiger partial charge in [0, 0.05) is 28.1 Å². The molecule has 3 aromatic rings. The van der Waals surface area contributed by atoms with Gasteiger partial charge in [-0.3, -0.25) is 14.9 Å². The number of aromatic nitrogens is 1. The maximum atomic E-state index is 11.9. The van der Waals surface area contributed by atoms with E-state index in [1.807, 2.05) is 17.5 Å². The van der Waals surface area contributed by atoms with E-state index in [0.29, 0.717) is 10.6 Å². The molecule has 0 aliphatic heterocycles. The molecule has 1 heterocycles. The maximum Gasteiger partial charge on any atom is 0.269 e. The Bertz CT molecular complexity index is 1000. The highest BCUT2D eigenvalue weighted by molar-refractivity contribution is 8.01. The summed E-state index contributed by atoms with van der Waals surface area (Å²) in [5, 5.41) is 17.0. The van der Waals surface area contributed by atoms with E-state index >= 15 is 0 Å². The lowest BCUT2D eigenvalue weighted by Crippen LogP contribution is -2.19. The molecule has 142 valence electrons. The summed E-state index contributed by atoms with van der Waals surface area (Å²) < 4.78 is 0.777. The zero-order chi connectivity index (χ0) is 19.9. The lowest BCUT2D eigenvalue weighted by Gasteiger charge is -1.98. The van der Waals surface area contributed by atoms with E-state index in [1.54, 1.807) is 24.3 Å². The predicted molar refractivity (Wildman–Crippen MR) is 112 cm³/mol. The summed E-state index contributed by atoms with van der Waals surface area (Å²) in [6.45, 7) is 0. The molecule has 0 saturated heterocycles. The van der Waals surface area contributed by atoms with Crippen molar-refractivity contribution in [3.63, 3.8) is 0 Å². The summed E-state index contributed by atoms with van der Waals surface area (Å²) in [6.07, 6.45) is 1.42. The Morgan fingerprint density at radius 3 is 2.64 bits per heavy atom. The van der Waals surface area contributed by atoms with E-state index in [0.717, 1.165) is 15.6 Å². The van der Waals surface area contributed by atoms with Crippen LogP contribution in [0.5, 0.6) is 0 Å². The van der Waals surface area contributed by atoms with Gasteiger partial charge < -0.3 is 0 Å². The van der Waals surface area contributed by atoms with E-state index in [4.69, 9.17) is 11.6 Å². The average molecular weight is 433 g/mol. The molecule has 1 N–H and O–H groups in total. The van der Waals surface area contributed by atoms with Crippen LogP contribution in [0.2, 0.25) is 5.02 Å². The molecule has 0 radical (unpaired) electrons. The SMILES string of the molecule is O=C(CSc1nc(-c2ccc(Cl)cc2)cs1)N/N=C/c1ccc([N+](=O)[O-])cc1. The van der Waals surface area contributed by atoms with Gasteiger partial charge in [-0.05, 0) is 29.8 Å². The number of nitro benzene ring substituents is 1. The molecule has 0 fully saturated rings. The summed E-state index contributed by atoms with van der Waals surface area (Å²) >= 11 is 8.66. The van der Waals surface area contributed by atoms with E-state index in [2.05, 4.69) is 15.5 Å². The molecule has 2 aromatic carbocycles. The van der Waals surface area contributed by atoms with Crippen molar-refractivity contribution in [2.75, 3.05) is 5.75 Å². The zero-order valence-electron chi connectivity index (χ0n) is 14.2. The van der Waals surface area contributed by atoms with Crippen molar-refractivity contribution < 1.29 is 9.72 Å². The number of hydrogen-bond donors (Lipinski definition) is 1. The summed E-state index contributed by atoms with van der Waals surface area (Å²) in [5.41, 5.74) is 4.86. The quantitative estimate of drug-likeness (QED) is 0.254. The van der Waals surface area contributed by atoms with Gasteiger partial charge in [0.2, 0.25) is 0 Å². The molecule has 28 heavy (non-hydrogen) atoms. The Morgan fingerprint density at radius 2 is 1.96 bits per heavy atom. The number of thiazole rings is 1. The van der Waals surface area contributed by atoms with Crippen molar-refractivity contribution in [3.8, 4) is 11.3 Å². The summed E-state index contributed by atoms with van der Waals surface area (Å²) in [5.74, 6) is -0.100. The fourth-order valence-electron chi connectivity index (χ4n) is 2.10. The standard InChI is InChI=1S/C18H13ClN4O3S2/c19-14-5-3-13(4-6-14)16-10-27-18(21-16)28-11-17(24)22-20-9-12-1-7-15(8-2-12)23(25)26/h1-10H,11H2,(H,22,24)/b20-9+. The molecule has 0 aliphatic carbocycles. The van der Waals surface area contributed by atoms with Crippen LogP contribution in [-0.2, 0) is 4.79 Å². The number of nitrogens with zero attached hydrogens (tertiary/aromatic N) is 3. The highest BCUT2D eigenvalue weighted by Crippen LogP contribution is 2.28. The Balaban J connectivity index is 1.48. The lowest BCUT2D eigenvalue weighted by molar-refractivity contribution is -0.384. The molecule has 1 aromatic heterocycles. The number of benzene rings is 2. The smallest absolute Gasteiger partial charge is 0.269 e. The second kappa shape index (κ2) is 9.45. The van der Waals surface area contributed by atoms with Crippen molar-refractivity contribution in [3.05, 3.63) is 74.6 Å². The summed E-state index contributed by atoms with van der Waals surface area (Å²) in [6, 6.07) is 13.3. The lowest BCUT2D eigenvalue weighted by atomic mass is 10.2. The molecular formula is C18H13ClN4O3S2. The third-order valence-corrected chi connectivity index (χ3v) is 5.73. The van der Waals surface area contributed by atoms with Crippen molar-refractivity contribution in [1.82, 2.24) is 10.4 Å². The molecule has 0 spiro atoms. The van der Waals surface area contributed by atoms with Gasteiger partial charge in [0.05, 0.1) is 22.6 Å². The van der Waals surface area contributed by atoms with Crippen LogP contribution in [-0.4, -0.2) is 27.8 Å². The number of thioether (sulfide) groups is 1. The largest absolute Gasteiger partial charge is 0.272 e. The van der Waals surface area contributed by atoms with Crippen molar-refractivity contribution in [2.24, 2.45) is 5.10 Å². The third kappa shape index (κ3) is 5.62. The van der Waals surface area contributed by atoms with Gasteiger partial charge in [0.25, 0.3) is 11.6 Å². The fourth-order valence-corrected chi connectivity index (χ4v) is 3.85. The van der Waals surface area contributed by atoms with Crippen LogP contribution < -0.4 is 5.43 Å². The molecule has 10 heteroatoms. The first kappa shape index (κ1) is 20.0. The molecule has 0 bridgehead atoms. The van der Waals surface area contributed by atoms with Crippen LogP contribution in [0.3, 0.4) is 0 Å². The van der Waals surface area contributed by atoms with Crippen LogP contribution in [0.4, 0.5) is 5.69 Å². The first-order valence-corrected chi connectivity index (χ1v) is 10.2. The van der Waals surface area contributed by atoms with E-state index in [9.17, 15) is 14.9 Å². The number of amides is 1. The topological polar surface area (TPSA) is 97.5 Å². The Morgan fingerprint density at radius 1 is 1.25 bits per heavy atom. The Kier molecular flexibility index (Phi) is 6.75. The van der Waals surface area contributed by atoms with Gasteiger partial charge in [-0.25, -0.2) is 10.4 Å². The second-order valence-corrected chi connectivity index (χ2v) is 7.95. The number of carbonyl (C=O) groups excluding carboxylic acids is 1. The minimum absolute atomic E-state index is 0.000923. The minimum atomic E-state index is -0.475. The van der Waals surface area contributed by atoms with E-state index < -0.39 is 4.92 Å². The van der Waals surface area contributed by atoms with Gasteiger partial charge >= 0.3 is 0 Å². The first-order chi connectivity index (χ1) is 13.5. The molecule has 0 unspecified atom stereocenters. The van der Waals surface area contributed by atoms with Crippen LogP contribution in [0.1, 0.15) is 5.56 Å². The number of nitrogens with one attached hydrogen (secondary N) is 1. The number of hydrogen-bond acceptors (Lipinski definition) is 7. The number of rotatable bonds is 7. The molecule has 0 aliphatic rings. The van der Waals surface area contributed by atoms with Crippen molar-refractivity contribution in [2.45, 2.75) is 4.34 Å². The normalized spacial score (nSPS) is 10.9. The first-order valence-electron chi connectivity index (χ1n) is 7.92. The van der Waals surface area contributed by atoms with Gasteiger partial charge in [-0.2, -0.15) is 5.10 Å². The summed E-state index contributed by atoms with van der Waals surface area (Å²) in [7, 11) is 0. The Labute approximate surface area is 173 Å². The van der Waals surface area contributed by atoms with E-state index in [1.165, 1.54) is 41.4 Å². The number of hydrazone groups is 1. The molecule has 1 amide bonds. The van der Waals surface area contributed by atoms with Crippen LogP contribution in [0.15, 0.2) is 63.4 Å². The number of carbonyl (C=O) groups is 1. The molecule has 0 saturated carbocycles. The monoisotopic (exact) mass is 432 g/mol. The van der Waals surface area contributed by atoms with Crippen molar-refractivity contribution >= 4 is 52.5 Å². The molecular weight excluding hydrogens is 420 g/mol. The number of nitro groups is 1. The summed E-state index contributed by atoms with van der Waals surface area (Å²) in [4.78, 5) is 26.5. The van der Waals surface area contributed by atoms with Crippen LogP contribution in [0, 0.1) is 10.1 Å². The van der Waals surface area contributed by atoms with Gasteiger partial charge in [-0.1, -0.05) is 35.5 Å². The Hall–Kier alpha value is -2.75. The number of halogens is 1. The zero-order valence-corrected chi connectivity index (χ0v) is 16.6. The number of non-ortho nitro benzene ring substituents is 1. The second-order valence-electron chi connectivity index (χ2n) is 5.44.